The van der Waals surface area contributed by atoms with Crippen molar-refractivity contribution in [3.05, 3.63) is 29.2 Å². The van der Waals surface area contributed by atoms with Gasteiger partial charge in [0.25, 0.3) is 0 Å². The molecule has 0 atom stereocenters. The first kappa shape index (κ1) is 9.43. The van der Waals surface area contributed by atoms with Crippen LogP contribution in [0.4, 0.5) is 0 Å². The summed E-state index contributed by atoms with van der Waals surface area (Å²) in [7, 11) is 0. The van der Waals surface area contributed by atoms with Crippen molar-refractivity contribution in [2.24, 2.45) is 0 Å². The normalized spacial score (nSPS) is 13.2. The monoisotopic (exact) mass is 210 g/mol. The number of ether oxygens (including phenoxy) is 1. The highest BCUT2D eigenvalue weighted by Crippen LogP contribution is 2.37. The molecule has 0 saturated carbocycles. The third kappa shape index (κ3) is 1.86. The smallest absolute Gasteiger partial charge is 0.186 e. The molecule has 1 aromatic rings. The van der Waals surface area contributed by atoms with Gasteiger partial charge in [0.1, 0.15) is 6.61 Å². The van der Waals surface area contributed by atoms with E-state index < -0.39 is 0 Å². The minimum Gasteiger partial charge on any atom is -0.487 e. The summed E-state index contributed by atoms with van der Waals surface area (Å²) in [6.45, 7) is 0.293. The first-order valence-corrected chi connectivity index (χ1v) is 5.09. The Bertz CT molecular complexity index is 349. The summed E-state index contributed by atoms with van der Waals surface area (Å²) in [6, 6.07) is 5.68. The predicted octanol–water partition coefficient (Wildman–Crippen LogP) is 2.07. The molecule has 4 heteroatoms. The number of fused-ring (bicyclic) bond motifs is 1. The topological polar surface area (TPSA) is 38.7 Å². The molecule has 0 saturated heterocycles. The van der Waals surface area contributed by atoms with Gasteiger partial charge in [-0.3, -0.25) is 0 Å². The van der Waals surface area contributed by atoms with Crippen LogP contribution in [0, 0.1) is 0 Å². The SMILES string of the molecule is OCCOc1cccc2c1OSC=C2. The average molecular weight is 210 g/mol. The molecule has 14 heavy (non-hydrogen) atoms. The fraction of sp³-hybridized carbons (Fsp3) is 0.200. The second kappa shape index (κ2) is 4.39. The Morgan fingerprint density at radius 3 is 3.21 bits per heavy atom. The quantitative estimate of drug-likeness (QED) is 0.775. The summed E-state index contributed by atoms with van der Waals surface area (Å²) in [5, 5.41) is 10.5. The lowest BCUT2D eigenvalue weighted by Gasteiger charge is -2.14. The molecule has 0 amide bonds. The van der Waals surface area contributed by atoms with Gasteiger partial charge in [0.05, 0.1) is 18.6 Å². The minimum atomic E-state index is 0.00660. The molecule has 1 aliphatic rings. The highest BCUT2D eigenvalue weighted by molar-refractivity contribution is 7.98. The van der Waals surface area contributed by atoms with Crippen molar-refractivity contribution in [2.45, 2.75) is 0 Å². The Balaban J connectivity index is 2.27. The van der Waals surface area contributed by atoms with Gasteiger partial charge in [-0.2, -0.15) is 0 Å². The Kier molecular flexibility index (Phi) is 2.96. The summed E-state index contributed by atoms with van der Waals surface area (Å²) < 4.78 is 10.7. The predicted molar refractivity (Wildman–Crippen MR) is 56.3 cm³/mol. The maximum Gasteiger partial charge on any atom is 0.186 e. The summed E-state index contributed by atoms with van der Waals surface area (Å²) >= 11 is 1.26. The van der Waals surface area contributed by atoms with Crippen LogP contribution in [0.2, 0.25) is 0 Å². The number of rotatable bonds is 3. The molecule has 74 valence electrons. The van der Waals surface area contributed by atoms with Crippen molar-refractivity contribution in [3.8, 4) is 11.5 Å². The maximum atomic E-state index is 8.65. The Hall–Kier alpha value is -1.13. The van der Waals surface area contributed by atoms with Crippen molar-refractivity contribution in [1.29, 1.82) is 0 Å². The number of hydrogen-bond acceptors (Lipinski definition) is 4. The summed E-state index contributed by atoms with van der Waals surface area (Å²) in [5.41, 5.74) is 0.999. The summed E-state index contributed by atoms with van der Waals surface area (Å²) in [6.07, 6.45) is 1.97. The number of hydrogen-bond donors (Lipinski definition) is 1. The fourth-order valence-corrected chi connectivity index (χ4v) is 1.73. The zero-order chi connectivity index (χ0) is 9.80. The van der Waals surface area contributed by atoms with Crippen molar-refractivity contribution in [1.82, 2.24) is 0 Å². The largest absolute Gasteiger partial charge is 0.487 e. The number of benzene rings is 1. The molecule has 0 aromatic heterocycles. The second-order valence-electron chi connectivity index (χ2n) is 2.73. The Morgan fingerprint density at radius 1 is 1.43 bits per heavy atom. The van der Waals surface area contributed by atoms with Crippen LogP contribution in [-0.2, 0) is 0 Å². The highest BCUT2D eigenvalue weighted by Gasteiger charge is 2.12. The van der Waals surface area contributed by atoms with E-state index in [0.29, 0.717) is 5.75 Å². The molecule has 0 spiro atoms. The van der Waals surface area contributed by atoms with Crippen molar-refractivity contribution >= 4 is 18.1 Å². The van der Waals surface area contributed by atoms with E-state index in [1.807, 2.05) is 29.7 Å². The van der Waals surface area contributed by atoms with Gasteiger partial charge >= 0.3 is 0 Å². The molecule has 0 aliphatic carbocycles. The molecule has 0 fully saturated rings. The first-order chi connectivity index (χ1) is 6.92. The van der Waals surface area contributed by atoms with Crippen LogP contribution in [0.15, 0.2) is 23.6 Å². The Morgan fingerprint density at radius 2 is 2.36 bits per heavy atom. The second-order valence-corrected chi connectivity index (χ2v) is 3.36. The molecule has 2 rings (SSSR count). The molecule has 1 aliphatic heterocycles. The van der Waals surface area contributed by atoms with E-state index in [0.717, 1.165) is 11.3 Å². The van der Waals surface area contributed by atoms with Gasteiger partial charge in [-0.05, 0) is 12.1 Å². The molecular formula is C10H10O3S. The van der Waals surface area contributed by atoms with Crippen molar-refractivity contribution < 1.29 is 14.0 Å². The first-order valence-electron chi connectivity index (χ1n) is 4.28. The van der Waals surface area contributed by atoms with Gasteiger partial charge in [-0.25, -0.2) is 0 Å². The lowest BCUT2D eigenvalue weighted by molar-refractivity contribution is 0.199. The van der Waals surface area contributed by atoms with Crippen LogP contribution in [0.25, 0.3) is 6.08 Å². The van der Waals surface area contributed by atoms with E-state index in [-0.39, 0.29) is 13.2 Å². The van der Waals surface area contributed by atoms with Gasteiger partial charge in [-0.1, -0.05) is 12.1 Å². The highest BCUT2D eigenvalue weighted by atomic mass is 32.2. The molecular weight excluding hydrogens is 200 g/mol. The van der Waals surface area contributed by atoms with Crippen LogP contribution >= 0.6 is 12.0 Å². The van der Waals surface area contributed by atoms with Gasteiger partial charge in [0.2, 0.25) is 0 Å². The lowest BCUT2D eigenvalue weighted by Crippen LogP contribution is -2.03. The van der Waals surface area contributed by atoms with E-state index >= 15 is 0 Å². The van der Waals surface area contributed by atoms with Gasteiger partial charge < -0.3 is 14.0 Å². The average Bonchev–Trinajstić information content (AvgIpc) is 2.26. The van der Waals surface area contributed by atoms with Gasteiger partial charge in [0.15, 0.2) is 11.5 Å². The van der Waals surface area contributed by atoms with E-state index in [2.05, 4.69) is 0 Å². The molecule has 3 nitrogen and oxygen atoms in total. The van der Waals surface area contributed by atoms with E-state index in [9.17, 15) is 0 Å². The zero-order valence-corrected chi connectivity index (χ0v) is 8.29. The molecule has 1 aromatic carbocycles. The Labute approximate surface area is 86.5 Å². The zero-order valence-electron chi connectivity index (χ0n) is 7.47. The van der Waals surface area contributed by atoms with Gasteiger partial charge in [0, 0.05) is 11.0 Å². The lowest BCUT2D eigenvalue weighted by atomic mass is 10.2. The summed E-state index contributed by atoms with van der Waals surface area (Å²) in [4.78, 5) is 0. The molecule has 1 heterocycles. The standard InChI is InChI=1S/C10H10O3S/c11-5-6-12-9-3-1-2-8-4-7-14-13-10(8)9/h1-4,7,11H,5-6H2. The van der Waals surface area contributed by atoms with Crippen LogP contribution in [0.5, 0.6) is 11.5 Å². The molecule has 0 bridgehead atoms. The van der Waals surface area contributed by atoms with E-state index in [1.165, 1.54) is 12.0 Å². The fourth-order valence-electron chi connectivity index (χ4n) is 1.20. The summed E-state index contributed by atoms with van der Waals surface area (Å²) in [5.74, 6) is 1.40. The van der Waals surface area contributed by atoms with E-state index in [4.69, 9.17) is 14.0 Å². The maximum absolute atomic E-state index is 8.65. The minimum absolute atomic E-state index is 0.00660. The van der Waals surface area contributed by atoms with Crippen LogP contribution in [-0.4, -0.2) is 18.3 Å². The van der Waals surface area contributed by atoms with Crippen molar-refractivity contribution in [3.63, 3.8) is 0 Å². The van der Waals surface area contributed by atoms with Gasteiger partial charge in [-0.15, -0.1) is 0 Å². The van der Waals surface area contributed by atoms with Crippen LogP contribution in [0.3, 0.4) is 0 Å². The van der Waals surface area contributed by atoms with Crippen molar-refractivity contribution in [2.75, 3.05) is 13.2 Å². The van der Waals surface area contributed by atoms with Crippen LogP contribution in [0.1, 0.15) is 5.56 Å². The molecule has 0 unspecified atom stereocenters. The molecule has 0 radical (unpaired) electrons. The number of aliphatic hydroxyl groups excluding tert-OH is 1. The third-order valence-corrected chi connectivity index (χ3v) is 2.30. The number of para-hydroxylation sites is 1. The third-order valence-electron chi connectivity index (χ3n) is 1.79. The van der Waals surface area contributed by atoms with E-state index in [1.54, 1.807) is 0 Å². The number of aliphatic hydroxyl groups is 1. The van der Waals surface area contributed by atoms with Crippen LogP contribution < -0.4 is 8.92 Å². The molecule has 1 N–H and O–H groups in total.